The Bertz CT molecular complexity index is 1410. The van der Waals surface area contributed by atoms with Gasteiger partial charge >= 0.3 is 5.97 Å². The average Bonchev–Trinajstić information content (AvgIpc) is 3.44. The van der Waals surface area contributed by atoms with E-state index in [4.69, 9.17) is 33.2 Å². The number of thioether (sulfide) groups is 1. The number of hydrogen-bond donors (Lipinski definition) is 0. The molecule has 0 saturated heterocycles. The van der Waals surface area contributed by atoms with E-state index in [2.05, 4.69) is 18.2 Å². The van der Waals surface area contributed by atoms with Crippen molar-refractivity contribution in [2.24, 2.45) is 11.8 Å². The molecule has 39 heavy (non-hydrogen) atoms. The van der Waals surface area contributed by atoms with Gasteiger partial charge in [0.1, 0.15) is 5.75 Å². The minimum atomic E-state index is -0.484. The molecule has 0 fully saturated rings. The van der Waals surface area contributed by atoms with Gasteiger partial charge in [0.05, 0.1) is 41.5 Å². The first-order chi connectivity index (χ1) is 19.0. The summed E-state index contributed by atoms with van der Waals surface area (Å²) in [5, 5.41) is 0. The Balaban J connectivity index is 1.64. The van der Waals surface area contributed by atoms with Crippen LogP contribution in [0.1, 0.15) is 34.1 Å². The van der Waals surface area contributed by atoms with Gasteiger partial charge in [0.15, 0.2) is 23.0 Å². The van der Waals surface area contributed by atoms with Gasteiger partial charge in [-0.05, 0) is 70.6 Å². The Morgan fingerprint density at radius 2 is 1.46 bits per heavy atom. The molecule has 6 rings (SSSR count). The van der Waals surface area contributed by atoms with Gasteiger partial charge in [-0.25, -0.2) is 0 Å². The molecule has 3 aromatic carbocycles. The smallest absolute Gasteiger partial charge is 0.309 e. The molecule has 3 aromatic rings. The van der Waals surface area contributed by atoms with Crippen LogP contribution in [0.25, 0.3) is 0 Å². The molecule has 1 aliphatic carbocycles. The summed E-state index contributed by atoms with van der Waals surface area (Å²) in [6, 6.07) is 14.1. The lowest BCUT2D eigenvalue weighted by Gasteiger charge is -2.46. The predicted molar refractivity (Wildman–Crippen MR) is 145 cm³/mol. The number of carbonyl (C=O) groups is 1. The van der Waals surface area contributed by atoms with Crippen molar-refractivity contribution in [3.63, 3.8) is 0 Å². The van der Waals surface area contributed by atoms with E-state index in [1.54, 1.807) is 40.2 Å². The Labute approximate surface area is 231 Å². The summed E-state index contributed by atoms with van der Waals surface area (Å²) < 4.78 is 39.6. The molecular weight excluding hydrogens is 520 g/mol. The van der Waals surface area contributed by atoms with E-state index in [1.807, 2.05) is 24.3 Å². The second-order valence-corrected chi connectivity index (χ2v) is 10.7. The largest absolute Gasteiger partial charge is 0.497 e. The van der Waals surface area contributed by atoms with Crippen LogP contribution >= 0.6 is 11.8 Å². The Morgan fingerprint density at radius 3 is 2.05 bits per heavy atom. The maximum Gasteiger partial charge on any atom is 0.309 e. The second kappa shape index (κ2) is 10.1. The topological polar surface area (TPSA) is 81.7 Å². The van der Waals surface area contributed by atoms with Crippen LogP contribution in [0.5, 0.6) is 34.5 Å². The van der Waals surface area contributed by atoms with Gasteiger partial charge in [-0.15, -0.1) is 11.8 Å². The van der Waals surface area contributed by atoms with E-state index >= 15 is 0 Å². The highest BCUT2D eigenvalue weighted by molar-refractivity contribution is 7.99. The van der Waals surface area contributed by atoms with Crippen LogP contribution < -0.4 is 28.4 Å². The SMILES string of the molecule is COC(=O)[C@H]1[C@H](c2cc(OC)c(OC)c(OC)c2)c2cc3c(cc2[C@@H]2c4cc(OC)ccc4SC[C@@H]21)OCO3. The molecule has 0 N–H and O–H groups in total. The molecule has 9 heteroatoms. The van der Waals surface area contributed by atoms with E-state index in [9.17, 15) is 4.79 Å². The summed E-state index contributed by atoms with van der Waals surface area (Å²) in [4.78, 5) is 14.9. The average molecular weight is 551 g/mol. The molecule has 0 radical (unpaired) electrons. The molecule has 0 aromatic heterocycles. The molecule has 204 valence electrons. The monoisotopic (exact) mass is 550 g/mol. The lowest BCUT2D eigenvalue weighted by Crippen LogP contribution is -2.42. The molecule has 0 unspecified atom stereocenters. The molecule has 8 nitrogen and oxygen atoms in total. The van der Waals surface area contributed by atoms with Crippen LogP contribution in [0.2, 0.25) is 0 Å². The zero-order chi connectivity index (χ0) is 27.3. The van der Waals surface area contributed by atoms with Gasteiger partial charge in [0.25, 0.3) is 0 Å². The van der Waals surface area contributed by atoms with Crippen molar-refractivity contribution in [3.05, 3.63) is 64.7 Å². The first-order valence-corrected chi connectivity index (χ1v) is 13.6. The molecular formula is C30H30O8S. The highest BCUT2D eigenvalue weighted by Crippen LogP contribution is 2.59. The van der Waals surface area contributed by atoms with Crippen LogP contribution in [0, 0.1) is 11.8 Å². The maximum atomic E-state index is 13.7. The summed E-state index contributed by atoms with van der Waals surface area (Å²) in [7, 11) is 7.86. The van der Waals surface area contributed by atoms with Crippen molar-refractivity contribution in [1.29, 1.82) is 0 Å². The van der Waals surface area contributed by atoms with Crippen molar-refractivity contribution in [1.82, 2.24) is 0 Å². The van der Waals surface area contributed by atoms with Crippen LogP contribution in [-0.2, 0) is 9.53 Å². The first kappa shape index (κ1) is 25.6. The number of carbonyl (C=O) groups excluding carboxylic acids is 1. The van der Waals surface area contributed by atoms with E-state index in [0.29, 0.717) is 28.7 Å². The van der Waals surface area contributed by atoms with E-state index in [1.165, 1.54) is 12.0 Å². The number of methoxy groups -OCH3 is 5. The quantitative estimate of drug-likeness (QED) is 0.383. The minimum absolute atomic E-state index is 0.0565. The van der Waals surface area contributed by atoms with E-state index < -0.39 is 5.92 Å². The molecule has 0 bridgehead atoms. The molecule has 0 amide bonds. The fourth-order valence-corrected chi connectivity index (χ4v) is 7.61. The third-order valence-electron chi connectivity index (χ3n) is 8.00. The zero-order valence-electron chi connectivity index (χ0n) is 22.4. The molecule has 3 aliphatic rings. The number of ether oxygens (including phenoxy) is 7. The van der Waals surface area contributed by atoms with Crippen LogP contribution in [0.15, 0.2) is 47.4 Å². The highest BCUT2D eigenvalue weighted by Gasteiger charge is 2.51. The summed E-state index contributed by atoms with van der Waals surface area (Å²) in [5.74, 6) is 3.19. The third-order valence-corrected chi connectivity index (χ3v) is 9.23. The number of hydrogen-bond acceptors (Lipinski definition) is 9. The molecule has 0 spiro atoms. The summed E-state index contributed by atoms with van der Waals surface area (Å²) in [5.41, 5.74) is 4.07. The second-order valence-electron chi connectivity index (χ2n) is 9.68. The summed E-state index contributed by atoms with van der Waals surface area (Å²) in [6.45, 7) is 0.155. The molecule has 0 saturated carbocycles. The van der Waals surface area contributed by atoms with Crippen LogP contribution in [0.4, 0.5) is 0 Å². The number of esters is 1. The summed E-state index contributed by atoms with van der Waals surface area (Å²) >= 11 is 1.76. The fraction of sp³-hybridized carbons (Fsp3) is 0.367. The lowest BCUT2D eigenvalue weighted by molar-refractivity contribution is -0.148. The third kappa shape index (κ3) is 4.02. The Morgan fingerprint density at radius 1 is 0.795 bits per heavy atom. The first-order valence-electron chi connectivity index (χ1n) is 12.6. The predicted octanol–water partition coefficient (Wildman–Crippen LogP) is 5.24. The minimum Gasteiger partial charge on any atom is -0.497 e. The van der Waals surface area contributed by atoms with Gasteiger partial charge in [-0.3, -0.25) is 4.79 Å². The molecule has 2 aliphatic heterocycles. The Hall–Kier alpha value is -3.72. The van der Waals surface area contributed by atoms with E-state index in [0.717, 1.165) is 33.8 Å². The van der Waals surface area contributed by atoms with Crippen LogP contribution in [-0.4, -0.2) is 54.1 Å². The van der Waals surface area contributed by atoms with Crippen LogP contribution in [0.3, 0.4) is 0 Å². The number of rotatable bonds is 6. The molecule has 2 heterocycles. The fourth-order valence-electron chi connectivity index (χ4n) is 6.32. The number of benzene rings is 3. The number of fused-ring (bicyclic) bond motifs is 6. The standard InChI is InChI=1S/C30H30O8S/c1-32-16-6-7-25-19(10-16)27-18-12-22-21(37-14-38-22)11-17(18)26(28(30(31)36-5)20(27)13-39-25)15-8-23(33-2)29(35-4)24(9-15)34-3/h6-12,20,26-28H,13-14H2,1-5H3/t20-,26+,27+,28+/m0/s1. The van der Waals surface area contributed by atoms with Crippen molar-refractivity contribution in [2.75, 3.05) is 48.1 Å². The van der Waals surface area contributed by atoms with Gasteiger partial charge < -0.3 is 33.2 Å². The van der Waals surface area contributed by atoms with Gasteiger partial charge in [-0.2, -0.15) is 0 Å². The van der Waals surface area contributed by atoms with E-state index in [-0.39, 0.29) is 30.5 Å². The van der Waals surface area contributed by atoms with Gasteiger partial charge in [0, 0.05) is 22.5 Å². The normalized spacial score (nSPS) is 22.2. The highest BCUT2D eigenvalue weighted by atomic mass is 32.2. The zero-order valence-corrected chi connectivity index (χ0v) is 23.3. The summed E-state index contributed by atoms with van der Waals surface area (Å²) in [6.07, 6.45) is 0. The Kier molecular flexibility index (Phi) is 6.62. The molecule has 4 atom stereocenters. The van der Waals surface area contributed by atoms with Crippen molar-refractivity contribution in [2.45, 2.75) is 16.7 Å². The van der Waals surface area contributed by atoms with Gasteiger partial charge in [0.2, 0.25) is 12.5 Å². The lowest BCUT2D eigenvalue weighted by atomic mass is 9.60. The van der Waals surface area contributed by atoms with Crippen molar-refractivity contribution < 1.29 is 38.0 Å². The van der Waals surface area contributed by atoms with Crippen molar-refractivity contribution in [3.8, 4) is 34.5 Å². The van der Waals surface area contributed by atoms with Crippen molar-refractivity contribution >= 4 is 17.7 Å². The van der Waals surface area contributed by atoms with Gasteiger partial charge in [-0.1, -0.05) is 0 Å². The maximum absolute atomic E-state index is 13.7.